The maximum absolute atomic E-state index is 12.3. The number of hydrogen-bond donors (Lipinski definition) is 0. The van der Waals surface area contributed by atoms with E-state index in [9.17, 15) is 4.79 Å². The first-order valence-electron chi connectivity index (χ1n) is 7.74. The van der Waals surface area contributed by atoms with E-state index in [4.69, 9.17) is 27.9 Å². The minimum Gasteiger partial charge on any atom is -0.378 e. The molecule has 3 nitrogen and oxygen atoms in total. The van der Waals surface area contributed by atoms with Crippen molar-refractivity contribution in [3.8, 4) is 0 Å². The highest BCUT2D eigenvalue weighted by atomic mass is 35.5. The summed E-state index contributed by atoms with van der Waals surface area (Å²) in [6.07, 6.45) is 3.23. The summed E-state index contributed by atoms with van der Waals surface area (Å²) in [6, 6.07) is 12.8. The van der Waals surface area contributed by atoms with Crippen molar-refractivity contribution < 1.29 is 9.53 Å². The summed E-state index contributed by atoms with van der Waals surface area (Å²) < 4.78 is 5.35. The van der Waals surface area contributed by atoms with Gasteiger partial charge in [0.25, 0.3) is 0 Å². The Hall–Kier alpha value is -1.81. The van der Waals surface area contributed by atoms with Crippen LogP contribution in [0.1, 0.15) is 15.9 Å². The van der Waals surface area contributed by atoms with Crippen molar-refractivity contribution >= 4 is 40.7 Å². The van der Waals surface area contributed by atoms with Gasteiger partial charge in [-0.1, -0.05) is 29.3 Å². The predicted molar refractivity (Wildman–Crippen MR) is 99.3 cm³/mol. The van der Waals surface area contributed by atoms with Crippen molar-refractivity contribution in [1.82, 2.24) is 0 Å². The number of nitrogens with zero attached hydrogens (tertiary/aromatic N) is 1. The summed E-state index contributed by atoms with van der Waals surface area (Å²) in [5.41, 5.74) is 2.52. The van der Waals surface area contributed by atoms with Crippen LogP contribution in [-0.2, 0) is 4.74 Å². The normalized spacial score (nSPS) is 15.0. The highest BCUT2D eigenvalue weighted by molar-refractivity contribution is 6.35. The zero-order chi connectivity index (χ0) is 16.9. The van der Waals surface area contributed by atoms with Gasteiger partial charge in [0.1, 0.15) is 0 Å². The molecule has 0 N–H and O–H groups in total. The Kier molecular flexibility index (Phi) is 5.56. The Balaban J connectivity index is 1.69. The molecule has 1 aliphatic heterocycles. The van der Waals surface area contributed by atoms with Gasteiger partial charge in [0.05, 0.1) is 13.2 Å². The number of rotatable bonds is 4. The van der Waals surface area contributed by atoms with E-state index >= 15 is 0 Å². The maximum atomic E-state index is 12.3. The molecule has 1 saturated heterocycles. The number of allylic oxidation sites excluding steroid dienone is 1. The number of carbonyl (C=O) groups excluding carboxylic acids is 1. The fourth-order valence-electron chi connectivity index (χ4n) is 2.56. The van der Waals surface area contributed by atoms with E-state index in [0.717, 1.165) is 37.6 Å². The van der Waals surface area contributed by atoms with Crippen molar-refractivity contribution in [3.63, 3.8) is 0 Å². The Morgan fingerprint density at radius 1 is 1.04 bits per heavy atom. The summed E-state index contributed by atoms with van der Waals surface area (Å²) in [7, 11) is 0. The largest absolute Gasteiger partial charge is 0.378 e. The predicted octanol–water partition coefficient (Wildman–Crippen LogP) is 4.73. The molecule has 2 aromatic rings. The van der Waals surface area contributed by atoms with Gasteiger partial charge in [-0.3, -0.25) is 4.79 Å². The second-order valence-electron chi connectivity index (χ2n) is 5.51. The average molecular weight is 362 g/mol. The van der Waals surface area contributed by atoms with Gasteiger partial charge in [-0.05, 0) is 54.1 Å². The highest BCUT2D eigenvalue weighted by Gasteiger charge is 2.11. The number of anilines is 1. The quantitative estimate of drug-likeness (QED) is 0.582. The van der Waals surface area contributed by atoms with Crippen LogP contribution in [0, 0.1) is 0 Å². The number of morpholine rings is 1. The molecule has 0 atom stereocenters. The average Bonchev–Trinajstić information content (AvgIpc) is 2.62. The third-order valence-corrected chi connectivity index (χ3v) is 4.47. The first-order chi connectivity index (χ1) is 11.6. The number of benzene rings is 2. The fraction of sp³-hybridized carbons (Fsp3) is 0.211. The number of hydrogen-bond acceptors (Lipinski definition) is 3. The maximum Gasteiger partial charge on any atom is 0.185 e. The molecule has 0 radical (unpaired) electrons. The molecule has 0 aromatic heterocycles. The standard InChI is InChI=1S/C19H17Cl2NO2/c20-16-5-1-14(18(21)13-16)4-8-19(23)15-2-6-17(7-3-15)22-9-11-24-12-10-22/h1-8,13H,9-12H2/b8-4+. The van der Waals surface area contributed by atoms with Gasteiger partial charge in [0.15, 0.2) is 5.78 Å². The minimum absolute atomic E-state index is 0.0606. The van der Waals surface area contributed by atoms with Crippen LogP contribution in [0.2, 0.25) is 10.0 Å². The minimum atomic E-state index is -0.0606. The molecule has 5 heteroatoms. The van der Waals surface area contributed by atoms with E-state index < -0.39 is 0 Å². The van der Waals surface area contributed by atoms with Crippen molar-refractivity contribution in [2.75, 3.05) is 31.2 Å². The number of halogens is 2. The SMILES string of the molecule is O=C(/C=C/c1ccc(Cl)cc1Cl)c1ccc(N2CCOCC2)cc1. The lowest BCUT2D eigenvalue weighted by atomic mass is 10.1. The summed E-state index contributed by atoms with van der Waals surface area (Å²) in [5.74, 6) is -0.0606. The van der Waals surface area contributed by atoms with Crippen LogP contribution in [0.4, 0.5) is 5.69 Å². The lowest BCUT2D eigenvalue weighted by molar-refractivity contribution is 0.104. The van der Waals surface area contributed by atoms with Gasteiger partial charge in [0.2, 0.25) is 0 Å². The molecule has 124 valence electrons. The molecule has 0 saturated carbocycles. The van der Waals surface area contributed by atoms with Crippen LogP contribution < -0.4 is 4.90 Å². The first-order valence-corrected chi connectivity index (χ1v) is 8.49. The van der Waals surface area contributed by atoms with Crippen LogP contribution in [-0.4, -0.2) is 32.1 Å². The summed E-state index contributed by atoms with van der Waals surface area (Å²) in [6.45, 7) is 3.24. The molecule has 1 fully saturated rings. The van der Waals surface area contributed by atoms with Crippen LogP contribution in [0.3, 0.4) is 0 Å². The molecule has 2 aromatic carbocycles. The summed E-state index contributed by atoms with van der Waals surface area (Å²) in [5, 5.41) is 1.09. The zero-order valence-corrected chi connectivity index (χ0v) is 14.6. The van der Waals surface area contributed by atoms with Gasteiger partial charge in [-0.2, -0.15) is 0 Å². The van der Waals surface area contributed by atoms with E-state index in [-0.39, 0.29) is 5.78 Å². The number of carbonyl (C=O) groups is 1. The van der Waals surface area contributed by atoms with E-state index in [1.54, 1.807) is 24.3 Å². The molecular weight excluding hydrogens is 345 g/mol. The smallest absolute Gasteiger partial charge is 0.185 e. The Bertz CT molecular complexity index is 750. The van der Waals surface area contributed by atoms with Gasteiger partial charge in [-0.15, -0.1) is 0 Å². The zero-order valence-electron chi connectivity index (χ0n) is 13.0. The summed E-state index contributed by atoms with van der Waals surface area (Å²) in [4.78, 5) is 14.5. The molecule has 1 aliphatic rings. The third kappa shape index (κ3) is 4.18. The Labute approximate surface area is 151 Å². The molecule has 24 heavy (non-hydrogen) atoms. The molecule has 0 aliphatic carbocycles. The Morgan fingerprint density at radius 3 is 2.42 bits per heavy atom. The van der Waals surface area contributed by atoms with E-state index in [0.29, 0.717) is 15.6 Å². The second-order valence-corrected chi connectivity index (χ2v) is 6.35. The molecule has 1 heterocycles. The lowest BCUT2D eigenvalue weighted by Crippen LogP contribution is -2.36. The molecule has 0 amide bonds. The molecule has 0 unspecified atom stereocenters. The number of ether oxygens (including phenoxy) is 1. The summed E-state index contributed by atoms with van der Waals surface area (Å²) >= 11 is 12.0. The van der Waals surface area contributed by atoms with Crippen LogP contribution in [0.5, 0.6) is 0 Å². The van der Waals surface area contributed by atoms with Gasteiger partial charge < -0.3 is 9.64 Å². The van der Waals surface area contributed by atoms with Crippen LogP contribution >= 0.6 is 23.2 Å². The molecule has 3 rings (SSSR count). The van der Waals surface area contributed by atoms with E-state index in [1.165, 1.54) is 6.08 Å². The fourth-order valence-corrected chi connectivity index (χ4v) is 3.03. The van der Waals surface area contributed by atoms with Gasteiger partial charge >= 0.3 is 0 Å². The third-order valence-electron chi connectivity index (χ3n) is 3.90. The molecular formula is C19H17Cl2NO2. The van der Waals surface area contributed by atoms with Crippen molar-refractivity contribution in [3.05, 3.63) is 69.7 Å². The van der Waals surface area contributed by atoms with E-state index in [1.807, 2.05) is 24.3 Å². The second kappa shape index (κ2) is 7.84. The molecule has 0 bridgehead atoms. The monoisotopic (exact) mass is 361 g/mol. The highest BCUT2D eigenvalue weighted by Crippen LogP contribution is 2.22. The lowest BCUT2D eigenvalue weighted by Gasteiger charge is -2.28. The molecule has 0 spiro atoms. The topological polar surface area (TPSA) is 29.5 Å². The van der Waals surface area contributed by atoms with Crippen LogP contribution in [0.15, 0.2) is 48.5 Å². The Morgan fingerprint density at radius 2 is 1.75 bits per heavy atom. The van der Waals surface area contributed by atoms with Crippen molar-refractivity contribution in [2.24, 2.45) is 0 Å². The van der Waals surface area contributed by atoms with Gasteiger partial charge in [-0.25, -0.2) is 0 Å². The van der Waals surface area contributed by atoms with Gasteiger partial charge in [0, 0.05) is 34.4 Å². The van der Waals surface area contributed by atoms with Crippen molar-refractivity contribution in [1.29, 1.82) is 0 Å². The van der Waals surface area contributed by atoms with E-state index in [2.05, 4.69) is 4.90 Å². The van der Waals surface area contributed by atoms with Crippen LogP contribution in [0.25, 0.3) is 6.08 Å². The first kappa shape index (κ1) is 17.0. The number of ketones is 1. The van der Waals surface area contributed by atoms with Crippen molar-refractivity contribution in [2.45, 2.75) is 0 Å².